The predicted molar refractivity (Wildman–Crippen MR) is 84.2 cm³/mol. The van der Waals surface area contributed by atoms with Crippen LogP contribution in [0.4, 0.5) is 21.8 Å². The third-order valence-corrected chi connectivity index (χ3v) is 3.66. The number of anilines is 3. The number of aromatic nitrogens is 2. The number of ether oxygens (including phenoxy) is 1. The van der Waals surface area contributed by atoms with E-state index in [1.165, 1.54) is 12.1 Å². The third kappa shape index (κ3) is 3.84. The van der Waals surface area contributed by atoms with E-state index in [1.54, 1.807) is 18.3 Å². The maximum atomic E-state index is 13.1. The summed E-state index contributed by atoms with van der Waals surface area (Å²) in [4.78, 5) is 8.49. The minimum absolute atomic E-state index is 0.0534. The van der Waals surface area contributed by atoms with Crippen molar-refractivity contribution >= 4 is 29.1 Å². The van der Waals surface area contributed by atoms with Gasteiger partial charge >= 0.3 is 0 Å². The van der Waals surface area contributed by atoms with Crippen LogP contribution in [0.5, 0.6) is 0 Å². The Balaban J connectivity index is 1.63. The van der Waals surface area contributed by atoms with E-state index in [2.05, 4.69) is 20.6 Å². The Hall–Kier alpha value is -1.92. The average molecular weight is 323 g/mol. The summed E-state index contributed by atoms with van der Waals surface area (Å²) in [6.07, 6.45) is 4.06. The predicted octanol–water partition coefficient (Wildman–Crippen LogP) is 3.60. The van der Waals surface area contributed by atoms with Crippen LogP contribution in [-0.2, 0) is 4.74 Å². The molecule has 116 valence electrons. The first kappa shape index (κ1) is 15.0. The third-order valence-electron chi connectivity index (χ3n) is 3.37. The number of nitrogens with one attached hydrogen (secondary N) is 2. The standard InChI is InChI=1S/C15H16ClFN4O/c16-12-8-10(3-4-13(12)17)20-15-18-6-5-14(21-15)19-9-11-2-1-7-22-11/h3-6,8,11H,1-2,7,9H2,(H2,18,19,20,21). The molecular formula is C15H16ClFN4O. The Morgan fingerprint density at radius 1 is 1.36 bits per heavy atom. The van der Waals surface area contributed by atoms with E-state index in [-0.39, 0.29) is 11.1 Å². The zero-order valence-electron chi connectivity index (χ0n) is 11.9. The summed E-state index contributed by atoms with van der Waals surface area (Å²) in [5.41, 5.74) is 0.627. The maximum Gasteiger partial charge on any atom is 0.229 e. The monoisotopic (exact) mass is 322 g/mol. The minimum atomic E-state index is -0.458. The zero-order chi connectivity index (χ0) is 15.4. The van der Waals surface area contributed by atoms with Gasteiger partial charge in [-0.2, -0.15) is 4.98 Å². The van der Waals surface area contributed by atoms with Crippen LogP contribution in [0, 0.1) is 5.82 Å². The second-order valence-corrected chi connectivity index (χ2v) is 5.44. The maximum absolute atomic E-state index is 13.1. The second kappa shape index (κ2) is 6.89. The quantitative estimate of drug-likeness (QED) is 0.880. The number of benzene rings is 1. The first-order chi connectivity index (χ1) is 10.7. The van der Waals surface area contributed by atoms with Gasteiger partial charge in [0.15, 0.2) is 0 Å². The Morgan fingerprint density at radius 2 is 2.27 bits per heavy atom. The molecular weight excluding hydrogens is 307 g/mol. The molecule has 0 radical (unpaired) electrons. The molecule has 0 aliphatic carbocycles. The molecule has 1 fully saturated rings. The zero-order valence-corrected chi connectivity index (χ0v) is 12.6. The van der Waals surface area contributed by atoms with Crippen molar-refractivity contribution in [2.75, 3.05) is 23.8 Å². The van der Waals surface area contributed by atoms with Crippen LogP contribution in [0.15, 0.2) is 30.5 Å². The Bertz CT molecular complexity index is 649. The van der Waals surface area contributed by atoms with Gasteiger partial charge in [-0.25, -0.2) is 9.37 Å². The molecule has 0 saturated carbocycles. The lowest BCUT2D eigenvalue weighted by molar-refractivity contribution is 0.120. The van der Waals surface area contributed by atoms with Gasteiger partial charge in [0.2, 0.25) is 5.95 Å². The van der Waals surface area contributed by atoms with Gasteiger partial charge in [-0.05, 0) is 37.1 Å². The molecule has 22 heavy (non-hydrogen) atoms. The van der Waals surface area contributed by atoms with Crippen molar-refractivity contribution in [1.29, 1.82) is 0 Å². The van der Waals surface area contributed by atoms with Crippen molar-refractivity contribution in [3.05, 3.63) is 41.3 Å². The normalized spacial score (nSPS) is 17.5. The fraction of sp³-hybridized carbons (Fsp3) is 0.333. The van der Waals surface area contributed by atoms with Crippen LogP contribution in [-0.4, -0.2) is 29.2 Å². The summed E-state index contributed by atoms with van der Waals surface area (Å²) in [5, 5.41) is 6.28. The molecule has 0 amide bonds. The number of halogens is 2. The average Bonchev–Trinajstić information content (AvgIpc) is 3.03. The summed E-state index contributed by atoms with van der Waals surface area (Å²) in [6.45, 7) is 1.55. The highest BCUT2D eigenvalue weighted by molar-refractivity contribution is 6.31. The number of nitrogens with zero attached hydrogens (tertiary/aromatic N) is 2. The molecule has 5 nitrogen and oxygen atoms in total. The Labute approximate surface area is 132 Å². The van der Waals surface area contributed by atoms with Crippen LogP contribution in [0.1, 0.15) is 12.8 Å². The van der Waals surface area contributed by atoms with Gasteiger partial charge in [0, 0.05) is 25.0 Å². The highest BCUT2D eigenvalue weighted by Crippen LogP contribution is 2.21. The molecule has 1 aromatic carbocycles. The number of hydrogen-bond acceptors (Lipinski definition) is 5. The SMILES string of the molecule is Fc1ccc(Nc2nccc(NCC3CCCO3)n2)cc1Cl. The summed E-state index contributed by atoms with van der Waals surface area (Å²) in [7, 11) is 0. The minimum Gasteiger partial charge on any atom is -0.376 e. The summed E-state index contributed by atoms with van der Waals surface area (Å²) in [5.74, 6) is 0.668. The van der Waals surface area contributed by atoms with Gasteiger partial charge in [-0.15, -0.1) is 0 Å². The molecule has 3 rings (SSSR count). The van der Waals surface area contributed by atoms with Crippen molar-refractivity contribution in [2.45, 2.75) is 18.9 Å². The lowest BCUT2D eigenvalue weighted by Gasteiger charge is -2.12. The van der Waals surface area contributed by atoms with Gasteiger partial charge in [-0.3, -0.25) is 0 Å². The first-order valence-electron chi connectivity index (χ1n) is 7.11. The largest absolute Gasteiger partial charge is 0.376 e. The molecule has 2 N–H and O–H groups in total. The van der Waals surface area contributed by atoms with Crippen LogP contribution in [0.3, 0.4) is 0 Å². The number of rotatable bonds is 5. The lowest BCUT2D eigenvalue weighted by Crippen LogP contribution is -2.19. The fourth-order valence-electron chi connectivity index (χ4n) is 2.24. The van der Waals surface area contributed by atoms with Crippen molar-refractivity contribution in [3.63, 3.8) is 0 Å². The molecule has 0 spiro atoms. The smallest absolute Gasteiger partial charge is 0.229 e. The van der Waals surface area contributed by atoms with Gasteiger partial charge in [0.25, 0.3) is 0 Å². The van der Waals surface area contributed by atoms with E-state index >= 15 is 0 Å². The van der Waals surface area contributed by atoms with Crippen LogP contribution in [0.2, 0.25) is 5.02 Å². The van der Waals surface area contributed by atoms with Crippen molar-refractivity contribution < 1.29 is 9.13 Å². The molecule has 0 bridgehead atoms. The van der Waals surface area contributed by atoms with Crippen molar-refractivity contribution in [3.8, 4) is 0 Å². The molecule has 1 aromatic heterocycles. The van der Waals surface area contributed by atoms with E-state index in [4.69, 9.17) is 16.3 Å². The first-order valence-corrected chi connectivity index (χ1v) is 7.49. The molecule has 1 unspecified atom stereocenters. The lowest BCUT2D eigenvalue weighted by atomic mass is 10.2. The molecule has 1 saturated heterocycles. The molecule has 1 aliphatic rings. The highest BCUT2D eigenvalue weighted by atomic mass is 35.5. The van der Waals surface area contributed by atoms with Crippen LogP contribution in [0.25, 0.3) is 0 Å². The van der Waals surface area contributed by atoms with Gasteiger partial charge in [0.1, 0.15) is 11.6 Å². The van der Waals surface area contributed by atoms with E-state index in [0.29, 0.717) is 17.5 Å². The molecule has 2 heterocycles. The van der Waals surface area contributed by atoms with E-state index in [0.717, 1.165) is 26.0 Å². The Morgan fingerprint density at radius 3 is 3.05 bits per heavy atom. The van der Waals surface area contributed by atoms with Gasteiger partial charge < -0.3 is 15.4 Å². The topological polar surface area (TPSA) is 59.1 Å². The highest BCUT2D eigenvalue weighted by Gasteiger charge is 2.15. The van der Waals surface area contributed by atoms with Gasteiger partial charge in [0.05, 0.1) is 11.1 Å². The summed E-state index contributed by atoms with van der Waals surface area (Å²) >= 11 is 5.75. The van der Waals surface area contributed by atoms with Crippen molar-refractivity contribution in [1.82, 2.24) is 9.97 Å². The van der Waals surface area contributed by atoms with E-state index < -0.39 is 5.82 Å². The second-order valence-electron chi connectivity index (χ2n) is 5.04. The summed E-state index contributed by atoms with van der Waals surface area (Å²) < 4.78 is 18.7. The van der Waals surface area contributed by atoms with Crippen LogP contribution < -0.4 is 10.6 Å². The van der Waals surface area contributed by atoms with Crippen LogP contribution >= 0.6 is 11.6 Å². The Kier molecular flexibility index (Phi) is 4.70. The molecule has 2 aromatic rings. The van der Waals surface area contributed by atoms with Gasteiger partial charge in [-0.1, -0.05) is 11.6 Å². The molecule has 7 heteroatoms. The molecule has 1 aliphatic heterocycles. The van der Waals surface area contributed by atoms with E-state index in [1.807, 2.05) is 0 Å². The van der Waals surface area contributed by atoms with Crippen molar-refractivity contribution in [2.24, 2.45) is 0 Å². The fourth-order valence-corrected chi connectivity index (χ4v) is 2.42. The van der Waals surface area contributed by atoms with E-state index in [9.17, 15) is 4.39 Å². The molecule has 1 atom stereocenters. The summed E-state index contributed by atoms with van der Waals surface area (Å²) in [6, 6.07) is 6.16. The number of hydrogen-bond donors (Lipinski definition) is 2.